The summed E-state index contributed by atoms with van der Waals surface area (Å²) in [5.41, 5.74) is 2.82. The summed E-state index contributed by atoms with van der Waals surface area (Å²) in [6.07, 6.45) is 6.34. The van der Waals surface area contributed by atoms with Gasteiger partial charge in [-0.05, 0) is 18.9 Å². The molecule has 2 N–H and O–H groups in total. The molecule has 4 heterocycles. The van der Waals surface area contributed by atoms with Gasteiger partial charge in [-0.25, -0.2) is 14.8 Å². The fraction of sp³-hybridized carbons (Fsp3) is 0.357. The van der Waals surface area contributed by atoms with E-state index in [1.165, 1.54) is 4.90 Å². The molecule has 3 aromatic heterocycles. The number of imidazole rings is 1. The van der Waals surface area contributed by atoms with Gasteiger partial charge >= 0.3 is 6.09 Å². The molecule has 7 heteroatoms. The zero-order chi connectivity index (χ0) is 14.4. The van der Waals surface area contributed by atoms with Gasteiger partial charge in [0.15, 0.2) is 0 Å². The van der Waals surface area contributed by atoms with Crippen molar-refractivity contribution in [3.8, 4) is 0 Å². The van der Waals surface area contributed by atoms with Crippen LogP contribution in [0.5, 0.6) is 0 Å². The summed E-state index contributed by atoms with van der Waals surface area (Å²) < 4.78 is 1.91. The lowest BCUT2D eigenvalue weighted by Gasteiger charge is -2.30. The lowest BCUT2D eigenvalue weighted by molar-refractivity contribution is 0.130. The van der Waals surface area contributed by atoms with Gasteiger partial charge in [0.1, 0.15) is 18.3 Å². The highest BCUT2D eigenvalue weighted by Crippen LogP contribution is 2.31. The van der Waals surface area contributed by atoms with Crippen molar-refractivity contribution in [2.24, 2.45) is 0 Å². The predicted octanol–water partition coefficient (Wildman–Crippen LogP) is 2.07. The molecule has 0 aliphatic carbocycles. The predicted molar refractivity (Wildman–Crippen MR) is 76.4 cm³/mol. The highest BCUT2D eigenvalue weighted by molar-refractivity contribution is 5.93. The van der Waals surface area contributed by atoms with Crippen LogP contribution in [0.4, 0.5) is 4.79 Å². The van der Waals surface area contributed by atoms with Crippen LogP contribution in [0.2, 0.25) is 0 Å². The maximum Gasteiger partial charge on any atom is 0.407 e. The number of hydrogen-bond donors (Lipinski definition) is 2. The molecule has 1 aliphatic rings. The number of carboxylic acid groups (broad SMARTS) is 1. The van der Waals surface area contributed by atoms with Gasteiger partial charge in [-0.2, -0.15) is 0 Å². The van der Waals surface area contributed by atoms with Crippen LogP contribution < -0.4 is 0 Å². The number of carbonyl (C=O) groups is 1. The average Bonchev–Trinajstić information content (AvgIpc) is 3.13. The van der Waals surface area contributed by atoms with E-state index in [0.29, 0.717) is 13.1 Å². The first kappa shape index (κ1) is 12.2. The molecule has 1 fully saturated rings. The smallest absolute Gasteiger partial charge is 0.407 e. The number of rotatable bonds is 1. The molecule has 4 rings (SSSR count). The molecule has 1 aliphatic heterocycles. The number of piperidine rings is 1. The van der Waals surface area contributed by atoms with Crippen molar-refractivity contribution in [3.63, 3.8) is 0 Å². The lowest BCUT2D eigenvalue weighted by Crippen LogP contribution is -2.38. The van der Waals surface area contributed by atoms with Gasteiger partial charge in [0.25, 0.3) is 0 Å². The summed E-state index contributed by atoms with van der Waals surface area (Å²) in [7, 11) is 0. The van der Waals surface area contributed by atoms with Crippen molar-refractivity contribution < 1.29 is 9.90 Å². The number of fused-ring (bicyclic) bond motifs is 3. The monoisotopic (exact) mass is 285 g/mol. The fourth-order valence-corrected chi connectivity index (χ4v) is 3.19. The molecule has 1 unspecified atom stereocenters. The molecule has 1 atom stereocenters. The average molecular weight is 285 g/mol. The molecular weight excluding hydrogens is 270 g/mol. The van der Waals surface area contributed by atoms with E-state index in [9.17, 15) is 9.90 Å². The second-order valence-electron chi connectivity index (χ2n) is 5.44. The van der Waals surface area contributed by atoms with Crippen LogP contribution in [0.3, 0.4) is 0 Å². The topological polar surface area (TPSA) is 86.5 Å². The van der Waals surface area contributed by atoms with Crippen LogP contribution in [-0.4, -0.2) is 48.5 Å². The van der Waals surface area contributed by atoms with Crippen LogP contribution in [-0.2, 0) is 0 Å². The molecule has 0 spiro atoms. The maximum atomic E-state index is 11.2. The third kappa shape index (κ3) is 1.84. The quantitative estimate of drug-likeness (QED) is 0.716. The fourth-order valence-electron chi connectivity index (χ4n) is 3.19. The Morgan fingerprint density at radius 2 is 2.24 bits per heavy atom. The van der Waals surface area contributed by atoms with Crippen molar-refractivity contribution >= 4 is 22.6 Å². The molecule has 21 heavy (non-hydrogen) atoms. The largest absolute Gasteiger partial charge is 0.465 e. The van der Waals surface area contributed by atoms with Crippen molar-refractivity contribution in [1.29, 1.82) is 0 Å². The van der Waals surface area contributed by atoms with E-state index in [0.717, 1.165) is 35.1 Å². The number of hydrogen-bond acceptors (Lipinski definition) is 3. The summed E-state index contributed by atoms with van der Waals surface area (Å²) in [4.78, 5) is 24.6. The van der Waals surface area contributed by atoms with E-state index in [1.807, 2.05) is 16.7 Å². The van der Waals surface area contributed by atoms with Gasteiger partial charge in [-0.15, -0.1) is 0 Å². The molecule has 1 saturated heterocycles. The Morgan fingerprint density at radius 1 is 1.38 bits per heavy atom. The highest BCUT2D eigenvalue weighted by Gasteiger charge is 2.27. The van der Waals surface area contributed by atoms with E-state index in [4.69, 9.17) is 0 Å². The van der Waals surface area contributed by atoms with Crippen LogP contribution in [0.15, 0.2) is 24.9 Å². The first-order valence-corrected chi connectivity index (χ1v) is 7.00. The Kier molecular flexibility index (Phi) is 2.60. The molecule has 1 amide bonds. The zero-order valence-electron chi connectivity index (χ0n) is 11.4. The second-order valence-corrected chi connectivity index (χ2v) is 5.44. The van der Waals surface area contributed by atoms with Crippen LogP contribution in [0, 0.1) is 0 Å². The summed E-state index contributed by atoms with van der Waals surface area (Å²) >= 11 is 0. The van der Waals surface area contributed by atoms with Crippen molar-refractivity contribution in [3.05, 3.63) is 30.6 Å². The van der Waals surface area contributed by atoms with Crippen molar-refractivity contribution in [2.75, 3.05) is 13.1 Å². The van der Waals surface area contributed by atoms with E-state index in [2.05, 4.69) is 15.0 Å². The van der Waals surface area contributed by atoms with Gasteiger partial charge in [-0.3, -0.25) is 4.40 Å². The summed E-state index contributed by atoms with van der Waals surface area (Å²) in [5.74, 6) is 0.139. The van der Waals surface area contributed by atoms with Crippen molar-refractivity contribution in [1.82, 2.24) is 24.3 Å². The summed E-state index contributed by atoms with van der Waals surface area (Å²) in [6, 6.07) is 1.99. The molecule has 0 radical (unpaired) electrons. The Balaban J connectivity index is 1.82. The number of amides is 1. The standard InChI is InChI=1S/C14H15N5O2/c20-14(21)18-5-1-2-9(6-18)11-12-10-3-4-15-13(10)17-8-19(12)7-16-11/h3-4,7-9,15H,1-2,5-6H2,(H,20,21). The van der Waals surface area contributed by atoms with Gasteiger partial charge in [-0.1, -0.05) is 0 Å². The Hall–Kier alpha value is -2.57. The minimum atomic E-state index is -0.850. The maximum absolute atomic E-state index is 11.2. The van der Waals surface area contributed by atoms with Crippen LogP contribution >= 0.6 is 0 Å². The normalized spacial score (nSPS) is 19.4. The molecule has 7 nitrogen and oxygen atoms in total. The lowest BCUT2D eigenvalue weighted by atomic mass is 9.94. The third-order valence-corrected chi connectivity index (χ3v) is 4.19. The number of nitrogens with one attached hydrogen (secondary N) is 1. The third-order valence-electron chi connectivity index (χ3n) is 4.19. The number of likely N-dealkylation sites (tertiary alicyclic amines) is 1. The minimum absolute atomic E-state index is 0.139. The first-order chi connectivity index (χ1) is 10.2. The molecule has 0 saturated carbocycles. The summed E-state index contributed by atoms with van der Waals surface area (Å²) in [6.45, 7) is 1.12. The van der Waals surface area contributed by atoms with E-state index >= 15 is 0 Å². The van der Waals surface area contributed by atoms with Gasteiger partial charge in [0, 0.05) is 30.6 Å². The van der Waals surface area contributed by atoms with Crippen LogP contribution in [0.25, 0.3) is 16.6 Å². The van der Waals surface area contributed by atoms with E-state index in [1.54, 1.807) is 12.7 Å². The number of aromatic amines is 1. The van der Waals surface area contributed by atoms with Crippen molar-refractivity contribution in [2.45, 2.75) is 18.8 Å². The Bertz CT molecular complexity index is 821. The first-order valence-electron chi connectivity index (χ1n) is 7.00. The highest BCUT2D eigenvalue weighted by atomic mass is 16.4. The van der Waals surface area contributed by atoms with E-state index < -0.39 is 6.09 Å². The molecule has 3 aromatic rings. The second kappa shape index (κ2) is 4.47. The number of nitrogens with zero attached hydrogens (tertiary/aromatic N) is 4. The Morgan fingerprint density at radius 3 is 3.10 bits per heavy atom. The van der Waals surface area contributed by atoms with E-state index in [-0.39, 0.29) is 5.92 Å². The van der Waals surface area contributed by atoms with Gasteiger partial charge < -0.3 is 15.0 Å². The molecular formula is C14H15N5O2. The van der Waals surface area contributed by atoms with Gasteiger partial charge in [0.05, 0.1) is 11.2 Å². The van der Waals surface area contributed by atoms with Gasteiger partial charge in [0.2, 0.25) is 0 Å². The zero-order valence-corrected chi connectivity index (χ0v) is 11.4. The van der Waals surface area contributed by atoms with Crippen LogP contribution in [0.1, 0.15) is 24.5 Å². The SMILES string of the molecule is O=C(O)N1CCCC(c2ncn3cnc4[nH]ccc4c23)C1. The molecule has 0 aromatic carbocycles. The molecule has 0 bridgehead atoms. The molecule has 108 valence electrons. The summed E-state index contributed by atoms with van der Waals surface area (Å²) in [5, 5.41) is 10.2. The number of aromatic nitrogens is 4. The minimum Gasteiger partial charge on any atom is -0.465 e. The Labute approximate surface area is 120 Å². The number of H-pyrrole nitrogens is 1.